The first-order valence-electron chi connectivity index (χ1n) is 3.95. The molecule has 1 fully saturated rings. The van der Waals surface area contributed by atoms with Crippen LogP contribution in [0.4, 0.5) is 4.39 Å². The van der Waals surface area contributed by atoms with E-state index in [0.717, 1.165) is 0 Å². The van der Waals surface area contributed by atoms with Crippen molar-refractivity contribution >= 4 is 0 Å². The molecular weight excluding hydrogens is 147 g/mol. The summed E-state index contributed by atoms with van der Waals surface area (Å²) in [7, 11) is 0. The minimum absolute atomic E-state index is 0.0648. The van der Waals surface area contributed by atoms with Crippen LogP contribution in [-0.4, -0.2) is 24.7 Å². The van der Waals surface area contributed by atoms with Crippen molar-refractivity contribution in [1.29, 1.82) is 0 Å². The second-order valence-corrected chi connectivity index (χ2v) is 3.47. The van der Waals surface area contributed by atoms with Crippen molar-refractivity contribution in [3.05, 3.63) is 0 Å². The van der Waals surface area contributed by atoms with Gasteiger partial charge in [0.1, 0.15) is 0 Å². The molecule has 0 radical (unpaired) electrons. The highest BCUT2D eigenvalue weighted by molar-refractivity contribution is 4.72. The van der Waals surface area contributed by atoms with E-state index in [0.29, 0.717) is 13.0 Å². The molecule has 0 aromatic heterocycles. The van der Waals surface area contributed by atoms with Gasteiger partial charge < -0.3 is 9.47 Å². The Morgan fingerprint density at radius 1 is 1.64 bits per heavy atom. The van der Waals surface area contributed by atoms with E-state index in [-0.39, 0.29) is 6.10 Å². The molecule has 0 aromatic rings. The Kier molecular flexibility index (Phi) is 2.50. The lowest BCUT2D eigenvalue weighted by Crippen LogP contribution is -2.22. The summed E-state index contributed by atoms with van der Waals surface area (Å²) >= 11 is 0. The first-order chi connectivity index (χ1) is 4.99. The van der Waals surface area contributed by atoms with E-state index >= 15 is 0 Å². The highest BCUT2D eigenvalue weighted by atomic mass is 19.1. The smallest absolute Gasteiger partial charge is 0.163 e. The van der Waals surface area contributed by atoms with Gasteiger partial charge in [-0.25, -0.2) is 4.39 Å². The van der Waals surface area contributed by atoms with E-state index in [4.69, 9.17) is 9.47 Å². The number of hydrogen-bond donors (Lipinski definition) is 0. The number of alkyl halides is 1. The maximum atomic E-state index is 12.5. The normalized spacial score (nSPS) is 32.2. The molecule has 1 aliphatic rings. The van der Waals surface area contributed by atoms with Gasteiger partial charge >= 0.3 is 0 Å². The van der Waals surface area contributed by atoms with E-state index in [1.807, 2.05) is 13.8 Å². The highest BCUT2D eigenvalue weighted by Gasteiger charge is 2.33. The van der Waals surface area contributed by atoms with Crippen LogP contribution in [0.5, 0.6) is 0 Å². The molecule has 2 unspecified atom stereocenters. The summed E-state index contributed by atoms with van der Waals surface area (Å²) < 4.78 is 23.1. The van der Waals surface area contributed by atoms with Crippen molar-refractivity contribution in [2.75, 3.05) is 6.61 Å². The molecule has 11 heavy (non-hydrogen) atoms. The zero-order valence-electron chi connectivity index (χ0n) is 7.26. The zero-order chi connectivity index (χ0) is 8.48. The quantitative estimate of drug-likeness (QED) is 0.617. The fourth-order valence-electron chi connectivity index (χ4n) is 1.24. The van der Waals surface area contributed by atoms with Gasteiger partial charge in [-0.2, -0.15) is 0 Å². The lowest BCUT2D eigenvalue weighted by molar-refractivity contribution is -0.140. The minimum atomic E-state index is -0.808. The Morgan fingerprint density at radius 2 is 2.27 bits per heavy atom. The molecular formula is C8H15FO2. The summed E-state index contributed by atoms with van der Waals surface area (Å²) in [5.41, 5.74) is 0. The Labute approximate surface area is 66.7 Å². The van der Waals surface area contributed by atoms with Crippen molar-refractivity contribution in [2.45, 2.75) is 45.3 Å². The highest BCUT2D eigenvalue weighted by Crippen LogP contribution is 2.25. The van der Waals surface area contributed by atoms with Crippen LogP contribution in [-0.2, 0) is 9.47 Å². The maximum Gasteiger partial charge on any atom is 0.163 e. The second kappa shape index (κ2) is 3.07. The number of halogens is 1. The van der Waals surface area contributed by atoms with E-state index < -0.39 is 12.0 Å². The Bertz CT molecular complexity index is 134. The van der Waals surface area contributed by atoms with Crippen molar-refractivity contribution < 1.29 is 13.9 Å². The molecule has 1 heterocycles. The minimum Gasteiger partial charge on any atom is -0.348 e. The van der Waals surface area contributed by atoms with Crippen LogP contribution in [0.15, 0.2) is 0 Å². The van der Waals surface area contributed by atoms with Crippen LogP contribution in [0.1, 0.15) is 27.2 Å². The van der Waals surface area contributed by atoms with E-state index in [9.17, 15) is 4.39 Å². The molecule has 2 nitrogen and oxygen atoms in total. The van der Waals surface area contributed by atoms with Crippen molar-refractivity contribution in [3.8, 4) is 0 Å². The summed E-state index contributed by atoms with van der Waals surface area (Å²) in [5.74, 6) is -0.514. The van der Waals surface area contributed by atoms with Crippen molar-refractivity contribution in [1.82, 2.24) is 0 Å². The fraction of sp³-hybridized carbons (Fsp3) is 1.00. The number of hydrogen-bond acceptors (Lipinski definition) is 2. The van der Waals surface area contributed by atoms with Crippen molar-refractivity contribution in [3.63, 3.8) is 0 Å². The third-order valence-electron chi connectivity index (χ3n) is 1.65. The number of rotatable bonds is 2. The predicted molar refractivity (Wildman–Crippen MR) is 40.1 cm³/mol. The third kappa shape index (κ3) is 2.75. The fourth-order valence-corrected chi connectivity index (χ4v) is 1.24. The topological polar surface area (TPSA) is 18.5 Å². The van der Waals surface area contributed by atoms with E-state index in [1.54, 1.807) is 0 Å². The van der Waals surface area contributed by atoms with Crippen LogP contribution in [0.25, 0.3) is 0 Å². The largest absolute Gasteiger partial charge is 0.348 e. The average Bonchev–Trinajstić information content (AvgIpc) is 2.08. The van der Waals surface area contributed by atoms with Gasteiger partial charge in [0, 0.05) is 6.42 Å². The Hall–Kier alpha value is -0.150. The summed E-state index contributed by atoms with van der Waals surface area (Å²) in [6.07, 6.45) is -0.439. The zero-order valence-corrected chi connectivity index (χ0v) is 7.26. The van der Waals surface area contributed by atoms with Gasteiger partial charge in [0.15, 0.2) is 5.79 Å². The molecule has 66 valence electrons. The van der Waals surface area contributed by atoms with Gasteiger partial charge in [-0.3, -0.25) is 0 Å². The van der Waals surface area contributed by atoms with Gasteiger partial charge in [-0.1, -0.05) is 0 Å². The van der Waals surface area contributed by atoms with Crippen LogP contribution in [0.2, 0.25) is 0 Å². The second-order valence-electron chi connectivity index (χ2n) is 3.47. The average molecular weight is 162 g/mol. The third-order valence-corrected chi connectivity index (χ3v) is 1.65. The first-order valence-corrected chi connectivity index (χ1v) is 3.95. The molecule has 2 atom stereocenters. The van der Waals surface area contributed by atoms with Crippen molar-refractivity contribution in [2.24, 2.45) is 0 Å². The summed E-state index contributed by atoms with van der Waals surface area (Å²) in [5, 5.41) is 0. The lowest BCUT2D eigenvalue weighted by atomic mass is 10.2. The number of ether oxygens (including phenoxy) is 2. The van der Waals surface area contributed by atoms with Crippen LogP contribution >= 0.6 is 0 Å². The molecule has 0 bridgehead atoms. The molecule has 0 aliphatic carbocycles. The van der Waals surface area contributed by atoms with Crippen LogP contribution in [0.3, 0.4) is 0 Å². The van der Waals surface area contributed by atoms with Gasteiger partial charge in [0.05, 0.1) is 18.9 Å². The summed E-state index contributed by atoms with van der Waals surface area (Å²) in [4.78, 5) is 0. The van der Waals surface area contributed by atoms with Gasteiger partial charge in [0.2, 0.25) is 0 Å². The molecule has 0 spiro atoms. The predicted octanol–water partition coefficient (Wildman–Crippen LogP) is 1.89. The Balaban J connectivity index is 2.31. The lowest BCUT2D eigenvalue weighted by Gasteiger charge is -2.17. The molecule has 1 saturated heterocycles. The van der Waals surface area contributed by atoms with Crippen LogP contribution in [0, 0.1) is 0 Å². The molecule has 1 aliphatic heterocycles. The molecule has 0 aromatic carbocycles. The first kappa shape index (κ1) is 8.94. The standard InChI is InChI=1S/C8H15FO2/c1-6(9)4-7-5-10-8(2,3)11-7/h6-7H,4-5H2,1-3H3. The maximum absolute atomic E-state index is 12.5. The van der Waals surface area contributed by atoms with Gasteiger partial charge in [-0.05, 0) is 20.8 Å². The monoisotopic (exact) mass is 162 g/mol. The van der Waals surface area contributed by atoms with E-state index in [1.165, 1.54) is 6.92 Å². The van der Waals surface area contributed by atoms with E-state index in [2.05, 4.69) is 0 Å². The SMILES string of the molecule is CC(F)CC1COC(C)(C)O1. The molecule has 3 heteroatoms. The molecule has 0 saturated carbocycles. The molecule has 1 rings (SSSR count). The van der Waals surface area contributed by atoms with Crippen LogP contribution < -0.4 is 0 Å². The molecule has 0 N–H and O–H groups in total. The Morgan fingerprint density at radius 3 is 2.64 bits per heavy atom. The van der Waals surface area contributed by atoms with Gasteiger partial charge in [0.25, 0.3) is 0 Å². The van der Waals surface area contributed by atoms with Gasteiger partial charge in [-0.15, -0.1) is 0 Å². The molecule has 0 amide bonds. The summed E-state index contributed by atoms with van der Waals surface area (Å²) in [6.45, 7) is 5.74. The summed E-state index contributed by atoms with van der Waals surface area (Å²) in [6, 6.07) is 0.